The van der Waals surface area contributed by atoms with Crippen LogP contribution in [0.5, 0.6) is 5.75 Å². The number of rotatable bonds is 5. The number of phenols is 1. The van der Waals surface area contributed by atoms with Gasteiger partial charge in [0, 0.05) is 6.04 Å². The molecule has 2 nitrogen and oxygen atoms in total. The fourth-order valence-corrected chi connectivity index (χ4v) is 3.16. The monoisotopic (exact) mass is 247 g/mol. The SMILES string of the molecule is CCCNC1CCC(C)(Cc2cccc(O)c2)C1. The summed E-state index contributed by atoms with van der Waals surface area (Å²) >= 11 is 0. The van der Waals surface area contributed by atoms with Gasteiger partial charge in [0.25, 0.3) is 0 Å². The first-order valence-electron chi connectivity index (χ1n) is 7.13. The summed E-state index contributed by atoms with van der Waals surface area (Å²) in [7, 11) is 0. The van der Waals surface area contributed by atoms with Crippen molar-refractivity contribution in [2.45, 2.75) is 52.0 Å². The second-order valence-electron chi connectivity index (χ2n) is 6.05. The lowest BCUT2D eigenvalue weighted by atomic mass is 9.82. The quantitative estimate of drug-likeness (QED) is 0.834. The second kappa shape index (κ2) is 5.75. The van der Waals surface area contributed by atoms with Crippen molar-refractivity contribution < 1.29 is 5.11 Å². The predicted octanol–water partition coefficient (Wildman–Crippen LogP) is 3.49. The Bertz CT molecular complexity index is 390. The molecule has 1 fully saturated rings. The van der Waals surface area contributed by atoms with Gasteiger partial charge in [-0.1, -0.05) is 26.0 Å². The highest BCUT2D eigenvalue weighted by Gasteiger charge is 2.34. The Morgan fingerprint density at radius 3 is 3.00 bits per heavy atom. The van der Waals surface area contributed by atoms with Crippen molar-refractivity contribution in [2.24, 2.45) is 5.41 Å². The van der Waals surface area contributed by atoms with Crippen LogP contribution in [0.1, 0.15) is 45.1 Å². The molecule has 0 amide bonds. The van der Waals surface area contributed by atoms with E-state index < -0.39 is 0 Å². The van der Waals surface area contributed by atoms with Crippen molar-refractivity contribution >= 4 is 0 Å². The molecule has 0 bridgehead atoms. The second-order valence-corrected chi connectivity index (χ2v) is 6.05. The molecule has 0 aliphatic heterocycles. The van der Waals surface area contributed by atoms with E-state index in [0.29, 0.717) is 17.2 Å². The minimum atomic E-state index is 0.384. The Hall–Kier alpha value is -1.02. The first kappa shape index (κ1) is 13.4. The smallest absolute Gasteiger partial charge is 0.115 e. The Labute approximate surface area is 110 Å². The zero-order chi connectivity index (χ0) is 13.0. The van der Waals surface area contributed by atoms with Gasteiger partial charge in [0.1, 0.15) is 5.75 Å². The Kier molecular flexibility index (Phi) is 4.28. The molecule has 1 aliphatic carbocycles. The largest absolute Gasteiger partial charge is 0.508 e. The van der Waals surface area contributed by atoms with Crippen LogP contribution in [0.15, 0.2) is 24.3 Å². The van der Waals surface area contributed by atoms with Gasteiger partial charge in [-0.25, -0.2) is 0 Å². The van der Waals surface area contributed by atoms with Gasteiger partial charge in [-0.15, -0.1) is 0 Å². The van der Waals surface area contributed by atoms with Crippen LogP contribution in [0, 0.1) is 5.41 Å². The Morgan fingerprint density at radius 2 is 2.28 bits per heavy atom. The summed E-state index contributed by atoms with van der Waals surface area (Å²) in [5, 5.41) is 13.2. The lowest BCUT2D eigenvalue weighted by molar-refractivity contribution is 0.321. The van der Waals surface area contributed by atoms with Gasteiger partial charge in [0.2, 0.25) is 0 Å². The number of hydrogen-bond donors (Lipinski definition) is 2. The highest BCUT2D eigenvalue weighted by Crippen LogP contribution is 2.40. The highest BCUT2D eigenvalue weighted by atomic mass is 16.3. The molecule has 18 heavy (non-hydrogen) atoms. The van der Waals surface area contributed by atoms with Gasteiger partial charge in [-0.05, 0) is 61.8 Å². The number of hydrogen-bond acceptors (Lipinski definition) is 2. The molecule has 1 aromatic carbocycles. The zero-order valence-electron chi connectivity index (χ0n) is 11.6. The normalized spacial score (nSPS) is 27.6. The maximum atomic E-state index is 9.53. The molecule has 100 valence electrons. The fourth-order valence-electron chi connectivity index (χ4n) is 3.16. The number of nitrogens with one attached hydrogen (secondary N) is 1. The van der Waals surface area contributed by atoms with Crippen LogP contribution in [0.3, 0.4) is 0 Å². The van der Waals surface area contributed by atoms with Crippen LogP contribution in [0.25, 0.3) is 0 Å². The van der Waals surface area contributed by atoms with Crippen molar-refractivity contribution in [3.05, 3.63) is 29.8 Å². The maximum Gasteiger partial charge on any atom is 0.115 e. The summed E-state index contributed by atoms with van der Waals surface area (Å²) in [6, 6.07) is 8.39. The highest BCUT2D eigenvalue weighted by molar-refractivity contribution is 5.28. The van der Waals surface area contributed by atoms with Gasteiger partial charge in [0.05, 0.1) is 0 Å². The molecule has 2 heteroatoms. The average molecular weight is 247 g/mol. The zero-order valence-corrected chi connectivity index (χ0v) is 11.6. The molecule has 0 aromatic heterocycles. The van der Waals surface area contributed by atoms with E-state index in [-0.39, 0.29) is 0 Å². The third kappa shape index (κ3) is 3.49. The van der Waals surface area contributed by atoms with Crippen LogP contribution in [0.4, 0.5) is 0 Å². The summed E-state index contributed by atoms with van der Waals surface area (Å²) in [5.74, 6) is 0.384. The molecule has 2 rings (SSSR count). The van der Waals surface area contributed by atoms with Crippen LogP contribution < -0.4 is 5.32 Å². The number of aromatic hydroxyl groups is 1. The third-order valence-corrected chi connectivity index (χ3v) is 4.06. The molecular weight excluding hydrogens is 222 g/mol. The standard InChI is InChI=1S/C16H25NO/c1-3-9-17-14-7-8-16(2,12-14)11-13-5-4-6-15(18)10-13/h4-6,10,14,17-18H,3,7-9,11-12H2,1-2H3. The molecule has 0 spiro atoms. The first-order valence-corrected chi connectivity index (χ1v) is 7.13. The molecule has 1 saturated carbocycles. The van der Waals surface area contributed by atoms with Gasteiger partial charge >= 0.3 is 0 Å². The van der Waals surface area contributed by atoms with Gasteiger partial charge < -0.3 is 10.4 Å². The summed E-state index contributed by atoms with van der Waals surface area (Å²) < 4.78 is 0. The topological polar surface area (TPSA) is 32.3 Å². The molecule has 1 aliphatic rings. The van der Waals surface area contributed by atoms with Gasteiger partial charge in [0.15, 0.2) is 0 Å². The van der Waals surface area contributed by atoms with Crippen molar-refractivity contribution in [3.8, 4) is 5.75 Å². The van der Waals surface area contributed by atoms with E-state index in [1.165, 1.54) is 31.2 Å². The third-order valence-electron chi connectivity index (χ3n) is 4.06. The van der Waals surface area contributed by atoms with Crippen LogP contribution >= 0.6 is 0 Å². The lowest BCUT2D eigenvalue weighted by Crippen LogP contribution is -2.28. The van der Waals surface area contributed by atoms with Gasteiger partial charge in [-0.3, -0.25) is 0 Å². The molecule has 0 heterocycles. The molecule has 2 N–H and O–H groups in total. The summed E-state index contributed by atoms with van der Waals surface area (Å²) in [4.78, 5) is 0. The van der Waals surface area contributed by atoms with Crippen molar-refractivity contribution in [3.63, 3.8) is 0 Å². The van der Waals surface area contributed by atoms with Crippen LogP contribution in [-0.4, -0.2) is 17.7 Å². The Morgan fingerprint density at radius 1 is 1.44 bits per heavy atom. The van der Waals surface area contributed by atoms with Crippen molar-refractivity contribution in [1.29, 1.82) is 0 Å². The van der Waals surface area contributed by atoms with Gasteiger partial charge in [-0.2, -0.15) is 0 Å². The first-order chi connectivity index (χ1) is 8.61. The van der Waals surface area contributed by atoms with E-state index in [1.807, 2.05) is 12.1 Å². The summed E-state index contributed by atoms with van der Waals surface area (Å²) in [6.45, 7) is 5.73. The van der Waals surface area contributed by atoms with Crippen LogP contribution in [0.2, 0.25) is 0 Å². The van der Waals surface area contributed by atoms with E-state index in [2.05, 4.69) is 25.2 Å². The van der Waals surface area contributed by atoms with Crippen molar-refractivity contribution in [2.75, 3.05) is 6.54 Å². The van der Waals surface area contributed by atoms with Crippen molar-refractivity contribution in [1.82, 2.24) is 5.32 Å². The molecule has 1 aromatic rings. The molecule has 2 atom stereocenters. The van der Waals surface area contributed by atoms with E-state index >= 15 is 0 Å². The molecule has 2 unspecified atom stereocenters. The summed E-state index contributed by atoms with van der Waals surface area (Å²) in [6.07, 6.45) is 6.10. The molecule has 0 radical (unpaired) electrons. The lowest BCUT2D eigenvalue weighted by Gasteiger charge is -2.24. The number of phenolic OH excluding ortho intramolecular Hbond substituents is 1. The van der Waals surface area contributed by atoms with E-state index in [4.69, 9.17) is 0 Å². The fraction of sp³-hybridized carbons (Fsp3) is 0.625. The summed E-state index contributed by atoms with van der Waals surface area (Å²) in [5.41, 5.74) is 1.65. The van der Waals surface area contributed by atoms with Crippen LogP contribution in [-0.2, 0) is 6.42 Å². The van der Waals surface area contributed by atoms with E-state index in [1.54, 1.807) is 6.07 Å². The minimum Gasteiger partial charge on any atom is -0.508 e. The number of benzene rings is 1. The predicted molar refractivity (Wildman–Crippen MR) is 75.9 cm³/mol. The average Bonchev–Trinajstić information content (AvgIpc) is 2.68. The Balaban J connectivity index is 1.93. The van der Waals surface area contributed by atoms with E-state index in [0.717, 1.165) is 13.0 Å². The minimum absolute atomic E-state index is 0.384. The molecular formula is C16H25NO. The molecule has 0 saturated heterocycles. The van der Waals surface area contributed by atoms with E-state index in [9.17, 15) is 5.11 Å². The maximum absolute atomic E-state index is 9.53.